The van der Waals surface area contributed by atoms with Crippen molar-refractivity contribution < 1.29 is 24.5 Å². The molecule has 1 amide bonds. The van der Waals surface area contributed by atoms with Crippen molar-refractivity contribution in [2.24, 2.45) is 0 Å². The van der Waals surface area contributed by atoms with Gasteiger partial charge in [-0.2, -0.15) is 0 Å². The average molecular weight is 1100 g/mol. The molecule has 0 aromatic carbocycles. The monoisotopic (exact) mass is 1100 g/mol. The Hall–Kier alpha value is -1.66. The lowest BCUT2D eigenvalue weighted by Gasteiger charge is -2.20. The summed E-state index contributed by atoms with van der Waals surface area (Å²) in [5, 5.41) is 23.2. The minimum atomic E-state index is -0.844. The molecule has 0 radical (unpaired) electrons. The second kappa shape index (κ2) is 67.8. The molecule has 78 heavy (non-hydrogen) atoms. The van der Waals surface area contributed by atoms with E-state index in [1.165, 1.54) is 327 Å². The van der Waals surface area contributed by atoms with Crippen molar-refractivity contribution in [1.82, 2.24) is 5.32 Å². The van der Waals surface area contributed by atoms with Gasteiger partial charge >= 0.3 is 5.97 Å². The third-order valence-electron chi connectivity index (χ3n) is 16.7. The predicted molar refractivity (Wildman–Crippen MR) is 343 cm³/mol. The van der Waals surface area contributed by atoms with E-state index in [1.807, 2.05) is 6.08 Å². The SMILES string of the molecule is CCCCCCCCC/C=C\CCCCCCCCCC(=O)OCCCCCCCCCCCCCCCCCCCCCCCCCCCC(=O)NC(CO)C(O)/C=C/CCCCCCCCCCCCCCCCCC. The summed E-state index contributed by atoms with van der Waals surface area (Å²) in [5.74, 6) is -0.0489. The first-order valence-electron chi connectivity index (χ1n) is 35.6. The topological polar surface area (TPSA) is 95.9 Å². The van der Waals surface area contributed by atoms with Gasteiger partial charge in [0.25, 0.3) is 0 Å². The molecule has 6 heteroatoms. The molecular formula is C72H139NO5. The zero-order chi connectivity index (χ0) is 56.4. The summed E-state index contributed by atoms with van der Waals surface area (Å²) in [6, 6.07) is -0.627. The fourth-order valence-corrected chi connectivity index (χ4v) is 11.3. The third-order valence-corrected chi connectivity index (χ3v) is 16.7. The van der Waals surface area contributed by atoms with Crippen molar-refractivity contribution in [3.8, 4) is 0 Å². The summed E-state index contributed by atoms with van der Waals surface area (Å²) in [6.07, 6.45) is 85.4. The summed E-state index contributed by atoms with van der Waals surface area (Å²) >= 11 is 0. The minimum Gasteiger partial charge on any atom is -0.466 e. The molecule has 2 atom stereocenters. The summed E-state index contributed by atoms with van der Waals surface area (Å²) < 4.78 is 5.51. The lowest BCUT2D eigenvalue weighted by atomic mass is 10.0. The number of allylic oxidation sites excluding steroid dienone is 3. The number of carbonyl (C=O) groups is 2. The van der Waals surface area contributed by atoms with E-state index in [9.17, 15) is 19.8 Å². The highest BCUT2D eigenvalue weighted by Crippen LogP contribution is 2.19. The van der Waals surface area contributed by atoms with Crippen molar-refractivity contribution in [3.05, 3.63) is 24.3 Å². The molecule has 0 aromatic rings. The van der Waals surface area contributed by atoms with Crippen LogP contribution in [0.15, 0.2) is 24.3 Å². The van der Waals surface area contributed by atoms with Crippen molar-refractivity contribution in [1.29, 1.82) is 0 Å². The number of nitrogens with one attached hydrogen (secondary N) is 1. The van der Waals surface area contributed by atoms with Gasteiger partial charge in [-0.15, -0.1) is 0 Å². The molecule has 0 bridgehead atoms. The van der Waals surface area contributed by atoms with E-state index in [0.717, 1.165) is 44.9 Å². The van der Waals surface area contributed by atoms with E-state index in [-0.39, 0.29) is 18.5 Å². The maximum atomic E-state index is 12.5. The van der Waals surface area contributed by atoms with Gasteiger partial charge in [0.2, 0.25) is 5.91 Å². The fraction of sp³-hybridized carbons (Fsp3) is 0.917. The molecule has 0 aliphatic heterocycles. The Morgan fingerprint density at radius 3 is 0.910 bits per heavy atom. The molecule has 0 aliphatic carbocycles. The van der Waals surface area contributed by atoms with Crippen LogP contribution in [0, 0.1) is 0 Å². The molecule has 0 rings (SSSR count). The van der Waals surface area contributed by atoms with Gasteiger partial charge in [0.15, 0.2) is 0 Å². The largest absolute Gasteiger partial charge is 0.466 e. The van der Waals surface area contributed by atoms with Crippen LogP contribution in [0.5, 0.6) is 0 Å². The van der Waals surface area contributed by atoms with E-state index in [0.29, 0.717) is 19.4 Å². The zero-order valence-electron chi connectivity index (χ0n) is 52.9. The number of amides is 1. The van der Waals surface area contributed by atoms with Gasteiger partial charge in [-0.3, -0.25) is 9.59 Å². The minimum absolute atomic E-state index is 0.0139. The number of hydrogen-bond donors (Lipinski definition) is 3. The smallest absolute Gasteiger partial charge is 0.305 e. The van der Waals surface area contributed by atoms with E-state index < -0.39 is 12.1 Å². The molecule has 0 aromatic heterocycles. The predicted octanol–water partition coefficient (Wildman–Crippen LogP) is 22.9. The summed E-state index contributed by atoms with van der Waals surface area (Å²) in [7, 11) is 0. The van der Waals surface area contributed by atoms with Gasteiger partial charge in [-0.05, 0) is 57.8 Å². The number of hydrogen-bond acceptors (Lipinski definition) is 5. The first-order valence-corrected chi connectivity index (χ1v) is 35.6. The molecule has 462 valence electrons. The summed E-state index contributed by atoms with van der Waals surface area (Å²) in [5.41, 5.74) is 0. The molecule has 3 N–H and O–H groups in total. The van der Waals surface area contributed by atoms with Crippen molar-refractivity contribution in [3.63, 3.8) is 0 Å². The number of esters is 1. The molecule has 0 saturated heterocycles. The molecule has 0 saturated carbocycles. The highest BCUT2D eigenvalue weighted by Gasteiger charge is 2.18. The number of ether oxygens (including phenoxy) is 1. The number of rotatable bonds is 67. The number of unbranched alkanes of at least 4 members (excludes halogenated alkanes) is 54. The van der Waals surface area contributed by atoms with Gasteiger partial charge in [0.05, 0.1) is 25.4 Å². The molecular weight excluding hydrogens is 959 g/mol. The highest BCUT2D eigenvalue weighted by atomic mass is 16.5. The molecule has 0 fully saturated rings. The van der Waals surface area contributed by atoms with Crippen LogP contribution in [0.25, 0.3) is 0 Å². The zero-order valence-corrected chi connectivity index (χ0v) is 52.9. The van der Waals surface area contributed by atoms with E-state index in [2.05, 4.69) is 31.3 Å². The van der Waals surface area contributed by atoms with Crippen LogP contribution in [0.4, 0.5) is 0 Å². The van der Waals surface area contributed by atoms with Crippen molar-refractivity contribution in [2.75, 3.05) is 13.2 Å². The van der Waals surface area contributed by atoms with Crippen LogP contribution in [0.1, 0.15) is 399 Å². The third kappa shape index (κ3) is 63.5. The van der Waals surface area contributed by atoms with Crippen LogP contribution in [0.3, 0.4) is 0 Å². The van der Waals surface area contributed by atoms with Gasteiger partial charge < -0.3 is 20.3 Å². The van der Waals surface area contributed by atoms with Crippen LogP contribution in [0.2, 0.25) is 0 Å². The Morgan fingerprint density at radius 1 is 0.346 bits per heavy atom. The van der Waals surface area contributed by atoms with Crippen LogP contribution < -0.4 is 5.32 Å². The maximum absolute atomic E-state index is 12.5. The summed E-state index contributed by atoms with van der Waals surface area (Å²) in [6.45, 7) is 4.94. The highest BCUT2D eigenvalue weighted by molar-refractivity contribution is 5.76. The van der Waals surface area contributed by atoms with Crippen LogP contribution >= 0.6 is 0 Å². The normalized spacial score (nSPS) is 12.6. The average Bonchev–Trinajstić information content (AvgIpc) is 3.44. The molecule has 0 spiro atoms. The Balaban J connectivity index is 3.37. The van der Waals surface area contributed by atoms with Gasteiger partial charge in [0.1, 0.15) is 0 Å². The lowest BCUT2D eigenvalue weighted by Crippen LogP contribution is -2.45. The van der Waals surface area contributed by atoms with Crippen LogP contribution in [-0.4, -0.2) is 47.4 Å². The fourth-order valence-electron chi connectivity index (χ4n) is 11.3. The lowest BCUT2D eigenvalue weighted by molar-refractivity contribution is -0.143. The molecule has 6 nitrogen and oxygen atoms in total. The molecule has 0 heterocycles. The second-order valence-corrected chi connectivity index (χ2v) is 24.6. The maximum Gasteiger partial charge on any atom is 0.305 e. The Morgan fingerprint density at radius 2 is 0.603 bits per heavy atom. The van der Waals surface area contributed by atoms with Gasteiger partial charge in [-0.25, -0.2) is 0 Å². The van der Waals surface area contributed by atoms with Crippen LogP contribution in [-0.2, 0) is 14.3 Å². The second-order valence-electron chi connectivity index (χ2n) is 24.6. The van der Waals surface area contributed by atoms with E-state index in [4.69, 9.17) is 4.74 Å². The molecule has 0 aliphatic rings. The standard InChI is InChI=1S/C72H139NO5/c1-3-5-7-9-11-13-15-17-19-21-32-36-40-44-48-52-56-60-64-70(75)69(68-74)73-71(76)65-61-57-53-49-45-41-37-33-30-28-26-24-23-25-27-29-31-35-39-43-47-51-55-59-63-67-78-72(77)66-62-58-54-50-46-42-38-34-22-20-18-16-14-12-10-8-6-4-2/h20,22,60,64,69-70,74-75H,3-19,21,23-59,61-63,65-68H2,1-2H3,(H,73,76)/b22-20-,64-60+. The van der Waals surface area contributed by atoms with E-state index in [1.54, 1.807) is 6.08 Å². The summed E-state index contributed by atoms with van der Waals surface area (Å²) in [4.78, 5) is 24.6. The van der Waals surface area contributed by atoms with Gasteiger partial charge in [-0.1, -0.05) is 353 Å². The van der Waals surface area contributed by atoms with Crippen molar-refractivity contribution >= 4 is 11.9 Å². The Kier molecular flexibility index (Phi) is 66.4. The number of aliphatic hydroxyl groups excluding tert-OH is 2. The first-order chi connectivity index (χ1) is 38.5. The quantitative estimate of drug-likeness (QED) is 0.0320. The first kappa shape index (κ1) is 76.3. The Bertz CT molecular complexity index is 1220. The van der Waals surface area contributed by atoms with Gasteiger partial charge in [0, 0.05) is 12.8 Å². The van der Waals surface area contributed by atoms with E-state index >= 15 is 0 Å². The number of carbonyl (C=O) groups excluding carboxylic acids is 2. The Labute approximate surface area is 488 Å². The number of aliphatic hydroxyl groups is 2. The van der Waals surface area contributed by atoms with Crippen molar-refractivity contribution in [2.45, 2.75) is 411 Å². The molecule has 2 unspecified atom stereocenters.